The molecule has 0 aromatic heterocycles. The Morgan fingerprint density at radius 1 is 1.40 bits per heavy atom. The van der Waals surface area contributed by atoms with Gasteiger partial charge in [0.25, 0.3) is 0 Å². The van der Waals surface area contributed by atoms with Crippen LogP contribution in [0.4, 0.5) is 0 Å². The van der Waals surface area contributed by atoms with Crippen LogP contribution in [0.1, 0.15) is 60.3 Å². The Hall–Kier alpha value is -1.88. The summed E-state index contributed by atoms with van der Waals surface area (Å²) in [5.41, 5.74) is 0.0676. The molecule has 2 rings (SSSR count). The van der Waals surface area contributed by atoms with Crippen LogP contribution in [0.15, 0.2) is 35.1 Å². The number of cyclic esters (lactones) is 1. The molecule has 0 aromatic carbocycles. The summed E-state index contributed by atoms with van der Waals surface area (Å²) in [5, 5.41) is 10.6. The lowest BCUT2D eigenvalue weighted by Gasteiger charge is -2.28. The Morgan fingerprint density at radius 2 is 2.08 bits per heavy atom. The molecule has 138 valence electrons. The number of carbonyl (C=O) groups excluding carboxylic acids is 2. The smallest absolute Gasteiger partial charge is 0.331 e. The third-order valence-corrected chi connectivity index (χ3v) is 4.61. The van der Waals surface area contributed by atoms with Gasteiger partial charge in [-0.15, -0.1) is 0 Å². The maximum absolute atomic E-state index is 11.8. The van der Waals surface area contributed by atoms with E-state index in [0.29, 0.717) is 12.2 Å². The first-order chi connectivity index (χ1) is 11.5. The molecule has 0 fully saturated rings. The van der Waals surface area contributed by atoms with Gasteiger partial charge in [-0.05, 0) is 60.0 Å². The fourth-order valence-corrected chi connectivity index (χ4v) is 3.04. The monoisotopic (exact) mass is 348 g/mol. The van der Waals surface area contributed by atoms with Crippen molar-refractivity contribution in [3.05, 3.63) is 35.1 Å². The summed E-state index contributed by atoms with van der Waals surface area (Å²) < 4.78 is 10.9. The van der Waals surface area contributed by atoms with Crippen LogP contribution in [0.25, 0.3) is 0 Å². The number of esters is 1. The van der Waals surface area contributed by atoms with E-state index in [-0.39, 0.29) is 17.9 Å². The van der Waals surface area contributed by atoms with E-state index in [0.717, 1.165) is 30.4 Å². The lowest BCUT2D eigenvalue weighted by Crippen LogP contribution is -2.32. The molecule has 0 spiro atoms. The van der Waals surface area contributed by atoms with Gasteiger partial charge in [0.1, 0.15) is 17.5 Å². The summed E-state index contributed by atoms with van der Waals surface area (Å²) in [6.07, 6.45) is 7.40. The summed E-state index contributed by atoms with van der Waals surface area (Å²) >= 11 is 0. The second-order valence-electron chi connectivity index (χ2n) is 7.80. The fourth-order valence-electron chi connectivity index (χ4n) is 3.04. The van der Waals surface area contributed by atoms with E-state index in [1.807, 2.05) is 19.9 Å². The Labute approximate surface area is 149 Å². The van der Waals surface area contributed by atoms with E-state index in [1.165, 1.54) is 12.2 Å². The molecule has 0 bridgehead atoms. The van der Waals surface area contributed by atoms with Crippen LogP contribution in [-0.2, 0) is 19.1 Å². The van der Waals surface area contributed by atoms with E-state index < -0.39 is 11.2 Å². The zero-order chi connectivity index (χ0) is 18.8. The van der Waals surface area contributed by atoms with Gasteiger partial charge in [0.15, 0.2) is 5.60 Å². The number of ketones is 1. The molecular formula is C20H28O5. The van der Waals surface area contributed by atoms with Gasteiger partial charge >= 0.3 is 5.97 Å². The highest BCUT2D eigenvalue weighted by molar-refractivity contribution is 5.99. The summed E-state index contributed by atoms with van der Waals surface area (Å²) in [4.78, 5) is 23.3. The van der Waals surface area contributed by atoms with Crippen LogP contribution in [-0.4, -0.2) is 34.2 Å². The van der Waals surface area contributed by atoms with Crippen molar-refractivity contribution < 1.29 is 24.2 Å². The molecule has 2 unspecified atom stereocenters. The van der Waals surface area contributed by atoms with E-state index in [9.17, 15) is 14.7 Å². The minimum atomic E-state index is -1.17. The van der Waals surface area contributed by atoms with Gasteiger partial charge in [0.2, 0.25) is 5.78 Å². The first-order valence-corrected chi connectivity index (χ1v) is 8.73. The van der Waals surface area contributed by atoms with Gasteiger partial charge in [-0.25, -0.2) is 4.79 Å². The number of hydrogen-bond donors (Lipinski definition) is 1. The van der Waals surface area contributed by atoms with Crippen molar-refractivity contribution in [3.8, 4) is 0 Å². The highest BCUT2D eigenvalue weighted by Gasteiger charge is 2.41. The van der Waals surface area contributed by atoms with Crippen molar-refractivity contribution in [3.63, 3.8) is 0 Å². The predicted octanol–water partition coefficient (Wildman–Crippen LogP) is 3.38. The Morgan fingerprint density at radius 3 is 2.64 bits per heavy atom. The molecule has 5 nitrogen and oxygen atoms in total. The number of rotatable bonds is 6. The first-order valence-electron chi connectivity index (χ1n) is 8.73. The van der Waals surface area contributed by atoms with Crippen LogP contribution in [0.2, 0.25) is 0 Å². The van der Waals surface area contributed by atoms with E-state index in [1.54, 1.807) is 20.8 Å². The number of allylic oxidation sites excluding steroid dienone is 1. The maximum atomic E-state index is 11.8. The number of hydrogen-bond acceptors (Lipinski definition) is 5. The van der Waals surface area contributed by atoms with Gasteiger partial charge in [0.05, 0.1) is 0 Å². The predicted molar refractivity (Wildman–Crippen MR) is 94.7 cm³/mol. The minimum absolute atomic E-state index is 0.124. The largest absolute Gasteiger partial charge is 0.481 e. The van der Waals surface area contributed by atoms with E-state index >= 15 is 0 Å². The highest BCUT2D eigenvalue weighted by atomic mass is 16.5. The molecule has 0 saturated heterocycles. The van der Waals surface area contributed by atoms with Gasteiger partial charge in [-0.1, -0.05) is 11.1 Å². The fraction of sp³-hybridized carbons (Fsp3) is 0.600. The van der Waals surface area contributed by atoms with Crippen molar-refractivity contribution in [1.29, 1.82) is 0 Å². The van der Waals surface area contributed by atoms with Gasteiger partial charge in [-0.2, -0.15) is 0 Å². The van der Waals surface area contributed by atoms with Crippen LogP contribution in [0, 0.1) is 0 Å². The second kappa shape index (κ2) is 7.16. The average Bonchev–Trinajstić information content (AvgIpc) is 2.72. The van der Waals surface area contributed by atoms with Gasteiger partial charge < -0.3 is 14.6 Å². The Kier molecular flexibility index (Phi) is 5.57. The standard InChI is InChI=1S/C20H28O5/c1-13(9-15-10-14(2)11-18(22)24-15)7-6-8-20(5,23)17-12-16(21)19(3,4)25-17/h9,11-12,15,23H,6-8,10H2,1-5H3. The lowest BCUT2D eigenvalue weighted by atomic mass is 9.94. The molecule has 2 atom stereocenters. The van der Waals surface area contributed by atoms with Gasteiger partial charge in [-0.3, -0.25) is 4.79 Å². The summed E-state index contributed by atoms with van der Waals surface area (Å²) in [6.45, 7) is 8.98. The third kappa shape index (κ3) is 5.05. The molecule has 0 aromatic rings. The van der Waals surface area contributed by atoms with E-state index in [2.05, 4.69) is 0 Å². The van der Waals surface area contributed by atoms with Crippen molar-refractivity contribution >= 4 is 11.8 Å². The number of aliphatic hydroxyl groups is 1. The van der Waals surface area contributed by atoms with Crippen molar-refractivity contribution in [2.24, 2.45) is 0 Å². The van der Waals surface area contributed by atoms with Crippen LogP contribution in [0.5, 0.6) is 0 Å². The maximum Gasteiger partial charge on any atom is 0.331 e. The second-order valence-corrected chi connectivity index (χ2v) is 7.80. The number of ether oxygens (including phenoxy) is 2. The van der Waals surface area contributed by atoms with Crippen LogP contribution >= 0.6 is 0 Å². The van der Waals surface area contributed by atoms with Crippen LogP contribution < -0.4 is 0 Å². The normalized spacial score (nSPS) is 25.7. The molecule has 1 N–H and O–H groups in total. The Bertz CT molecular complexity index is 649. The molecular weight excluding hydrogens is 320 g/mol. The molecule has 5 heteroatoms. The topological polar surface area (TPSA) is 72.8 Å². The molecule has 2 aliphatic heterocycles. The molecule has 2 heterocycles. The SMILES string of the molecule is CC(=CC1CC(C)=CC(=O)O1)CCCC(C)(O)C1=CC(=O)C(C)(C)O1. The van der Waals surface area contributed by atoms with E-state index in [4.69, 9.17) is 9.47 Å². The molecule has 0 radical (unpaired) electrons. The summed E-state index contributed by atoms with van der Waals surface area (Å²) in [7, 11) is 0. The van der Waals surface area contributed by atoms with Crippen molar-refractivity contribution in [2.45, 2.75) is 77.6 Å². The average molecular weight is 348 g/mol. The molecule has 2 aliphatic rings. The van der Waals surface area contributed by atoms with Crippen molar-refractivity contribution in [2.75, 3.05) is 0 Å². The molecule has 0 aliphatic carbocycles. The van der Waals surface area contributed by atoms with Crippen molar-refractivity contribution in [1.82, 2.24) is 0 Å². The third-order valence-electron chi connectivity index (χ3n) is 4.61. The highest BCUT2D eigenvalue weighted by Crippen LogP contribution is 2.34. The van der Waals surface area contributed by atoms with Gasteiger partial charge in [0, 0.05) is 18.6 Å². The first kappa shape index (κ1) is 19.4. The number of carbonyl (C=O) groups is 2. The zero-order valence-electron chi connectivity index (χ0n) is 15.7. The lowest BCUT2D eigenvalue weighted by molar-refractivity contribution is -0.142. The van der Waals surface area contributed by atoms with Crippen LogP contribution in [0.3, 0.4) is 0 Å². The Balaban J connectivity index is 1.86. The molecule has 25 heavy (non-hydrogen) atoms. The molecule has 0 amide bonds. The summed E-state index contributed by atoms with van der Waals surface area (Å²) in [6, 6.07) is 0. The zero-order valence-corrected chi connectivity index (χ0v) is 15.7. The quantitative estimate of drug-likeness (QED) is 0.588. The molecule has 0 saturated carbocycles. The summed E-state index contributed by atoms with van der Waals surface area (Å²) in [5.74, 6) is -0.0779. The minimum Gasteiger partial charge on any atom is -0.481 e.